The molecule has 0 saturated carbocycles. The summed E-state index contributed by atoms with van der Waals surface area (Å²) in [4.78, 5) is 19.4. The molecular weight excluding hydrogens is 354 g/mol. The molecule has 5 heteroatoms. The van der Waals surface area contributed by atoms with Crippen molar-refractivity contribution in [2.75, 3.05) is 10.7 Å². The molecule has 0 saturated heterocycles. The molecule has 0 N–H and O–H groups in total. The zero-order valence-electron chi connectivity index (χ0n) is 15.3. The fourth-order valence-electron chi connectivity index (χ4n) is 3.59. The van der Waals surface area contributed by atoms with Crippen molar-refractivity contribution in [3.63, 3.8) is 0 Å². The molecule has 1 aliphatic rings. The Hall–Kier alpha value is -2.84. The van der Waals surface area contributed by atoms with Gasteiger partial charge in [-0.2, -0.15) is 5.26 Å². The maximum Gasteiger partial charge on any atom is 0.237 e. The number of rotatable bonds is 3. The van der Waals surface area contributed by atoms with Crippen LogP contribution in [0.4, 0.5) is 5.69 Å². The van der Waals surface area contributed by atoms with Crippen molar-refractivity contribution >= 4 is 34.3 Å². The molecular formula is C22H19N3OS. The van der Waals surface area contributed by atoms with Gasteiger partial charge in [-0.25, -0.2) is 4.98 Å². The molecule has 0 radical (unpaired) electrons. The van der Waals surface area contributed by atoms with Gasteiger partial charge in [0.2, 0.25) is 5.91 Å². The highest BCUT2D eigenvalue weighted by atomic mass is 32.2. The van der Waals surface area contributed by atoms with E-state index in [1.54, 1.807) is 0 Å². The summed E-state index contributed by atoms with van der Waals surface area (Å²) in [6.45, 7) is 4.09. The number of nitrogens with zero attached hydrogens (tertiary/aromatic N) is 3. The largest absolute Gasteiger partial charge is 0.308 e. The lowest BCUT2D eigenvalue weighted by atomic mass is 10.1. The van der Waals surface area contributed by atoms with Crippen LogP contribution in [0.5, 0.6) is 0 Å². The van der Waals surface area contributed by atoms with Crippen LogP contribution in [0.1, 0.15) is 23.6 Å². The Morgan fingerprint density at radius 2 is 2.11 bits per heavy atom. The van der Waals surface area contributed by atoms with Crippen molar-refractivity contribution in [2.24, 2.45) is 0 Å². The number of thioether (sulfide) groups is 1. The average Bonchev–Trinajstić information content (AvgIpc) is 3.01. The number of aryl methyl sites for hydroxylation is 1. The minimum atomic E-state index is 0.0486. The van der Waals surface area contributed by atoms with Gasteiger partial charge in [0.25, 0.3) is 0 Å². The molecule has 1 aromatic heterocycles. The van der Waals surface area contributed by atoms with E-state index in [1.807, 2.05) is 54.3 Å². The zero-order valence-corrected chi connectivity index (χ0v) is 16.1. The Morgan fingerprint density at radius 1 is 1.30 bits per heavy atom. The number of pyridine rings is 1. The first-order valence-corrected chi connectivity index (χ1v) is 9.89. The molecule has 3 aromatic rings. The van der Waals surface area contributed by atoms with Crippen molar-refractivity contribution < 1.29 is 4.79 Å². The van der Waals surface area contributed by atoms with Gasteiger partial charge >= 0.3 is 0 Å². The van der Waals surface area contributed by atoms with Crippen molar-refractivity contribution in [3.8, 4) is 6.07 Å². The third-order valence-electron chi connectivity index (χ3n) is 4.87. The van der Waals surface area contributed by atoms with E-state index in [9.17, 15) is 10.1 Å². The predicted octanol–water partition coefficient (Wildman–Crippen LogP) is 4.48. The summed E-state index contributed by atoms with van der Waals surface area (Å²) >= 11 is 1.34. The number of anilines is 1. The number of amides is 1. The maximum atomic E-state index is 12.9. The number of carbonyl (C=O) groups is 1. The average molecular weight is 373 g/mol. The molecule has 1 unspecified atom stereocenters. The van der Waals surface area contributed by atoms with Crippen LogP contribution in [0.3, 0.4) is 0 Å². The fourth-order valence-corrected chi connectivity index (χ4v) is 4.42. The standard InChI is InChI=1S/C22H19N3OS/c1-14-7-8-16-11-18(12-23)22(24-19(16)9-14)27-13-21(26)25-15(2)10-17-5-3-4-6-20(17)25/h3-9,11,15H,10,13H2,1-2H3. The van der Waals surface area contributed by atoms with Crippen LogP contribution in [-0.4, -0.2) is 22.7 Å². The quantitative estimate of drug-likeness (QED) is 0.635. The van der Waals surface area contributed by atoms with E-state index >= 15 is 0 Å². The summed E-state index contributed by atoms with van der Waals surface area (Å²) in [6.07, 6.45) is 0.878. The lowest BCUT2D eigenvalue weighted by molar-refractivity contribution is -0.116. The second kappa shape index (κ2) is 7.05. The van der Waals surface area contributed by atoms with Gasteiger partial charge in [-0.3, -0.25) is 4.79 Å². The van der Waals surface area contributed by atoms with Crippen molar-refractivity contribution in [2.45, 2.75) is 31.3 Å². The Labute approximate surface area is 162 Å². The molecule has 2 aromatic carbocycles. The smallest absolute Gasteiger partial charge is 0.237 e. The monoisotopic (exact) mass is 373 g/mol. The number of fused-ring (bicyclic) bond motifs is 2. The van der Waals surface area contributed by atoms with Crippen molar-refractivity contribution in [1.82, 2.24) is 4.98 Å². The van der Waals surface area contributed by atoms with Crippen LogP contribution in [0.15, 0.2) is 53.6 Å². The normalized spacial score (nSPS) is 15.6. The van der Waals surface area contributed by atoms with Gasteiger partial charge in [-0.15, -0.1) is 0 Å². The third-order valence-corrected chi connectivity index (χ3v) is 5.84. The van der Waals surface area contributed by atoms with Gasteiger partial charge in [-0.1, -0.05) is 42.1 Å². The van der Waals surface area contributed by atoms with Crippen LogP contribution in [0.25, 0.3) is 10.9 Å². The number of nitriles is 1. The molecule has 134 valence electrons. The van der Waals surface area contributed by atoms with E-state index < -0.39 is 0 Å². The Kier molecular flexibility index (Phi) is 4.59. The number of benzene rings is 2. The van der Waals surface area contributed by atoms with Gasteiger partial charge in [-0.05, 0) is 49.6 Å². The van der Waals surface area contributed by atoms with Crippen molar-refractivity contribution in [1.29, 1.82) is 5.26 Å². The molecule has 1 aliphatic heterocycles. The summed E-state index contributed by atoms with van der Waals surface area (Å²) in [7, 11) is 0. The van der Waals surface area contributed by atoms with E-state index in [1.165, 1.54) is 17.3 Å². The summed E-state index contributed by atoms with van der Waals surface area (Å²) < 4.78 is 0. The van der Waals surface area contributed by atoms with E-state index in [4.69, 9.17) is 0 Å². The van der Waals surface area contributed by atoms with Crippen LogP contribution >= 0.6 is 11.8 Å². The molecule has 0 fully saturated rings. The lowest BCUT2D eigenvalue weighted by Gasteiger charge is -2.22. The van der Waals surface area contributed by atoms with Crippen LogP contribution in [-0.2, 0) is 11.2 Å². The Bertz CT molecular complexity index is 1090. The number of hydrogen-bond donors (Lipinski definition) is 0. The lowest BCUT2D eigenvalue weighted by Crippen LogP contribution is -2.37. The third kappa shape index (κ3) is 3.29. The first kappa shape index (κ1) is 17.6. The first-order valence-electron chi connectivity index (χ1n) is 8.91. The molecule has 0 bridgehead atoms. The molecule has 27 heavy (non-hydrogen) atoms. The predicted molar refractivity (Wildman–Crippen MR) is 109 cm³/mol. The molecule has 4 nitrogen and oxygen atoms in total. The number of carbonyl (C=O) groups excluding carboxylic acids is 1. The van der Waals surface area contributed by atoms with Gasteiger partial charge < -0.3 is 4.90 Å². The second-order valence-corrected chi connectivity index (χ2v) is 7.85. The number of aromatic nitrogens is 1. The molecule has 1 atom stereocenters. The molecule has 0 spiro atoms. The second-order valence-electron chi connectivity index (χ2n) is 6.88. The minimum absolute atomic E-state index is 0.0486. The minimum Gasteiger partial charge on any atom is -0.308 e. The Balaban J connectivity index is 1.58. The molecule has 0 aliphatic carbocycles. The van der Waals surface area contributed by atoms with E-state index in [0.29, 0.717) is 10.6 Å². The Morgan fingerprint density at radius 3 is 2.93 bits per heavy atom. The van der Waals surface area contributed by atoms with Gasteiger partial charge in [0.15, 0.2) is 0 Å². The SMILES string of the molecule is Cc1ccc2cc(C#N)c(SCC(=O)N3c4ccccc4CC3C)nc2c1. The fraction of sp³-hybridized carbons (Fsp3) is 0.227. The molecule has 2 heterocycles. The topological polar surface area (TPSA) is 57.0 Å². The van der Waals surface area contributed by atoms with Crippen LogP contribution in [0, 0.1) is 18.3 Å². The van der Waals surface area contributed by atoms with Gasteiger partial charge in [0.1, 0.15) is 11.1 Å². The molecule has 4 rings (SSSR count). The zero-order chi connectivity index (χ0) is 19.0. The highest BCUT2D eigenvalue weighted by molar-refractivity contribution is 8.00. The maximum absolute atomic E-state index is 12.9. The van der Waals surface area contributed by atoms with Crippen molar-refractivity contribution in [3.05, 3.63) is 65.2 Å². The summed E-state index contributed by atoms with van der Waals surface area (Å²) in [6, 6.07) is 18.2. The highest BCUT2D eigenvalue weighted by Crippen LogP contribution is 2.33. The number of para-hydroxylation sites is 1. The first-order chi connectivity index (χ1) is 13.1. The van der Waals surface area contributed by atoms with Gasteiger partial charge in [0, 0.05) is 17.1 Å². The van der Waals surface area contributed by atoms with Crippen LogP contribution in [0.2, 0.25) is 0 Å². The van der Waals surface area contributed by atoms with E-state index in [-0.39, 0.29) is 17.7 Å². The van der Waals surface area contributed by atoms with Crippen LogP contribution < -0.4 is 4.90 Å². The summed E-state index contributed by atoms with van der Waals surface area (Å²) in [5.74, 6) is 0.310. The van der Waals surface area contributed by atoms with Gasteiger partial charge in [0.05, 0.1) is 16.8 Å². The highest BCUT2D eigenvalue weighted by Gasteiger charge is 2.30. The summed E-state index contributed by atoms with van der Waals surface area (Å²) in [5.41, 5.74) is 4.69. The number of hydrogen-bond acceptors (Lipinski definition) is 4. The molecule has 1 amide bonds. The summed E-state index contributed by atoms with van der Waals surface area (Å²) in [5, 5.41) is 11.0. The van der Waals surface area contributed by atoms with E-state index in [0.717, 1.165) is 28.6 Å². The van der Waals surface area contributed by atoms with E-state index in [2.05, 4.69) is 24.0 Å².